The lowest BCUT2D eigenvalue weighted by molar-refractivity contribution is 0.400. The van der Waals surface area contributed by atoms with Crippen LogP contribution in [0.2, 0.25) is 0 Å². The number of nitrogens with one attached hydrogen (secondary N) is 3. The van der Waals surface area contributed by atoms with E-state index in [9.17, 15) is 4.39 Å². The van der Waals surface area contributed by atoms with Crippen molar-refractivity contribution in [3.05, 3.63) is 71.8 Å². The summed E-state index contributed by atoms with van der Waals surface area (Å²) in [5.41, 5.74) is 7.92. The average molecular weight is 497 g/mol. The van der Waals surface area contributed by atoms with Gasteiger partial charge < -0.3 is 15.2 Å². The van der Waals surface area contributed by atoms with Crippen LogP contribution in [0.4, 0.5) is 4.39 Å². The molecule has 37 heavy (non-hydrogen) atoms. The van der Waals surface area contributed by atoms with Crippen molar-refractivity contribution in [2.75, 3.05) is 33.7 Å². The van der Waals surface area contributed by atoms with Gasteiger partial charge in [0.2, 0.25) is 0 Å². The summed E-state index contributed by atoms with van der Waals surface area (Å²) in [6, 6.07) is 14.1. The molecule has 0 unspecified atom stereocenters. The summed E-state index contributed by atoms with van der Waals surface area (Å²) in [7, 11) is 4.12. The zero-order chi connectivity index (χ0) is 25.4. The molecule has 1 saturated heterocycles. The number of aromatic nitrogens is 4. The highest BCUT2D eigenvalue weighted by atomic mass is 19.1. The minimum absolute atomic E-state index is 0.214. The Bertz CT molecular complexity index is 1540. The lowest BCUT2D eigenvalue weighted by Crippen LogP contribution is -2.26. The van der Waals surface area contributed by atoms with E-state index in [4.69, 9.17) is 0 Å². The van der Waals surface area contributed by atoms with E-state index in [0.717, 1.165) is 95.2 Å². The molecule has 0 radical (unpaired) electrons. The lowest BCUT2D eigenvalue weighted by Gasteiger charge is -2.23. The van der Waals surface area contributed by atoms with E-state index in [1.807, 2.05) is 12.4 Å². The number of nitrogens with zero attached hydrogens (tertiary/aromatic N) is 3. The molecule has 190 valence electrons. The van der Waals surface area contributed by atoms with Gasteiger partial charge in [0, 0.05) is 22.5 Å². The molecule has 0 spiro atoms. The van der Waals surface area contributed by atoms with Crippen LogP contribution < -0.4 is 5.32 Å². The van der Waals surface area contributed by atoms with E-state index >= 15 is 0 Å². The Morgan fingerprint density at radius 2 is 1.84 bits per heavy atom. The monoisotopic (exact) mass is 496 g/mol. The summed E-state index contributed by atoms with van der Waals surface area (Å²) in [5.74, 6) is 0.362. The van der Waals surface area contributed by atoms with E-state index in [2.05, 4.69) is 74.8 Å². The highest BCUT2D eigenvalue weighted by molar-refractivity contribution is 6.00. The Labute approximate surface area is 216 Å². The maximum atomic E-state index is 14.6. The molecular weight excluding hydrogens is 463 g/mol. The number of aromatic amines is 2. The van der Waals surface area contributed by atoms with Crippen LogP contribution in [0.15, 0.2) is 54.9 Å². The first-order chi connectivity index (χ1) is 18.0. The molecule has 7 heteroatoms. The van der Waals surface area contributed by atoms with Gasteiger partial charge in [0.25, 0.3) is 0 Å². The molecule has 6 nitrogen and oxygen atoms in total. The van der Waals surface area contributed by atoms with Crippen LogP contribution in [-0.4, -0.2) is 58.8 Å². The number of hydrogen-bond acceptors (Lipinski definition) is 4. The Morgan fingerprint density at radius 3 is 2.68 bits per heavy atom. The highest BCUT2D eigenvalue weighted by Gasteiger charge is 2.19. The lowest BCUT2D eigenvalue weighted by atomic mass is 9.89. The van der Waals surface area contributed by atoms with Gasteiger partial charge in [0.15, 0.2) is 0 Å². The second-order valence-electron chi connectivity index (χ2n) is 10.5. The van der Waals surface area contributed by atoms with Crippen LogP contribution in [0.3, 0.4) is 0 Å². The summed E-state index contributed by atoms with van der Waals surface area (Å²) in [6.07, 6.45) is 7.79. The number of H-pyrrole nitrogens is 2. The standard InChI is InChI=1S/C30H33FN6/c1-37(2)11-3-4-19-12-22(14-23(31)13-19)26-17-33-18-29-24(26)16-28(34-29)30-25-15-21(5-6-27(25)35-36-30)20-7-9-32-10-8-20/h5-6,12-18,20,32,34H,3-4,7-11H2,1-2H3,(H,35,36). The number of hydrogen-bond donors (Lipinski definition) is 3. The van der Waals surface area contributed by atoms with Crippen molar-refractivity contribution >= 4 is 21.8 Å². The van der Waals surface area contributed by atoms with Crippen LogP contribution in [0.25, 0.3) is 44.3 Å². The maximum Gasteiger partial charge on any atom is 0.124 e. The first-order valence-corrected chi connectivity index (χ1v) is 13.2. The molecule has 3 N–H and O–H groups in total. The molecule has 1 aliphatic rings. The summed E-state index contributed by atoms with van der Waals surface area (Å²) in [5, 5.41) is 13.5. The number of halogens is 1. The van der Waals surface area contributed by atoms with Crippen molar-refractivity contribution in [1.82, 2.24) is 30.4 Å². The van der Waals surface area contributed by atoms with E-state index in [1.54, 1.807) is 12.1 Å². The fourth-order valence-corrected chi connectivity index (χ4v) is 5.60. The number of rotatable bonds is 7. The van der Waals surface area contributed by atoms with Crippen LogP contribution >= 0.6 is 0 Å². The normalized spacial score (nSPS) is 14.8. The number of aryl methyl sites for hydroxylation is 1. The van der Waals surface area contributed by atoms with Crippen LogP contribution in [0, 0.1) is 5.82 Å². The molecule has 0 amide bonds. The molecular formula is C30H33FN6. The molecule has 1 aliphatic heterocycles. The fourth-order valence-electron chi connectivity index (χ4n) is 5.60. The number of benzene rings is 2. The predicted octanol–water partition coefficient (Wildman–Crippen LogP) is 5.87. The van der Waals surface area contributed by atoms with Gasteiger partial charge in [0.05, 0.1) is 22.9 Å². The van der Waals surface area contributed by atoms with E-state index in [1.165, 1.54) is 5.56 Å². The number of piperidine rings is 1. The van der Waals surface area contributed by atoms with Crippen molar-refractivity contribution in [3.8, 4) is 22.5 Å². The van der Waals surface area contributed by atoms with Crippen LogP contribution in [0.1, 0.15) is 36.3 Å². The largest absolute Gasteiger partial charge is 0.352 e. The van der Waals surface area contributed by atoms with Crippen molar-refractivity contribution in [3.63, 3.8) is 0 Å². The molecule has 6 rings (SSSR count). The molecule has 1 fully saturated rings. The Hall–Kier alpha value is -3.55. The van der Waals surface area contributed by atoms with E-state index in [0.29, 0.717) is 5.92 Å². The third-order valence-electron chi connectivity index (χ3n) is 7.54. The van der Waals surface area contributed by atoms with Crippen molar-refractivity contribution < 1.29 is 4.39 Å². The molecule has 0 saturated carbocycles. The molecule has 0 bridgehead atoms. The minimum Gasteiger partial charge on any atom is -0.352 e. The number of pyridine rings is 1. The zero-order valence-electron chi connectivity index (χ0n) is 21.4. The zero-order valence-corrected chi connectivity index (χ0v) is 21.4. The molecule has 4 heterocycles. The van der Waals surface area contributed by atoms with Crippen LogP contribution in [-0.2, 0) is 6.42 Å². The third-order valence-corrected chi connectivity index (χ3v) is 7.54. The predicted molar refractivity (Wildman–Crippen MR) is 148 cm³/mol. The molecule has 2 aromatic carbocycles. The molecule has 0 aliphatic carbocycles. The quantitative estimate of drug-likeness (QED) is 0.263. The van der Waals surface area contributed by atoms with Gasteiger partial charge >= 0.3 is 0 Å². The molecule has 5 aromatic rings. The van der Waals surface area contributed by atoms with Gasteiger partial charge in [-0.15, -0.1) is 0 Å². The topological polar surface area (TPSA) is 72.6 Å². The van der Waals surface area contributed by atoms with E-state index in [-0.39, 0.29) is 5.82 Å². The van der Waals surface area contributed by atoms with Crippen molar-refractivity contribution in [2.24, 2.45) is 0 Å². The van der Waals surface area contributed by atoms with Gasteiger partial charge in [-0.1, -0.05) is 12.1 Å². The first kappa shape index (κ1) is 23.8. The Kier molecular flexibility index (Phi) is 6.49. The first-order valence-electron chi connectivity index (χ1n) is 13.2. The summed E-state index contributed by atoms with van der Waals surface area (Å²) in [6.45, 7) is 3.10. The smallest absolute Gasteiger partial charge is 0.124 e. The van der Waals surface area contributed by atoms with Crippen molar-refractivity contribution in [1.29, 1.82) is 0 Å². The van der Waals surface area contributed by atoms with Gasteiger partial charge in [0.1, 0.15) is 11.5 Å². The van der Waals surface area contributed by atoms with Gasteiger partial charge in [-0.25, -0.2) is 4.39 Å². The maximum absolute atomic E-state index is 14.6. The Balaban J connectivity index is 1.37. The second-order valence-corrected chi connectivity index (χ2v) is 10.5. The third kappa shape index (κ3) is 4.89. The van der Waals surface area contributed by atoms with Crippen LogP contribution in [0.5, 0.6) is 0 Å². The fraction of sp³-hybridized carbons (Fsp3) is 0.333. The highest BCUT2D eigenvalue weighted by Crippen LogP contribution is 2.36. The second kappa shape index (κ2) is 10.1. The molecule has 3 aromatic heterocycles. The Morgan fingerprint density at radius 1 is 0.973 bits per heavy atom. The number of fused-ring (bicyclic) bond motifs is 2. The molecule has 0 atom stereocenters. The summed E-state index contributed by atoms with van der Waals surface area (Å²) in [4.78, 5) is 10.1. The average Bonchev–Trinajstić information content (AvgIpc) is 3.52. The van der Waals surface area contributed by atoms with Gasteiger partial charge in [-0.3, -0.25) is 10.1 Å². The van der Waals surface area contributed by atoms with E-state index < -0.39 is 0 Å². The minimum atomic E-state index is -0.214. The SMILES string of the molecule is CN(C)CCCc1cc(F)cc(-c2cncc3[nH]c(-c4n[nH]c5ccc(C6CCNCC6)cc45)cc23)c1. The van der Waals surface area contributed by atoms with Crippen molar-refractivity contribution in [2.45, 2.75) is 31.6 Å². The summed E-state index contributed by atoms with van der Waals surface area (Å²) >= 11 is 0. The summed E-state index contributed by atoms with van der Waals surface area (Å²) < 4.78 is 14.6. The van der Waals surface area contributed by atoms with Gasteiger partial charge in [-0.2, -0.15) is 5.10 Å². The van der Waals surface area contributed by atoms with Gasteiger partial charge in [-0.05, 0) is 112 Å².